The van der Waals surface area contributed by atoms with E-state index in [0.717, 1.165) is 16.9 Å². The van der Waals surface area contributed by atoms with Gasteiger partial charge in [0.05, 0.1) is 24.2 Å². The van der Waals surface area contributed by atoms with Crippen molar-refractivity contribution in [1.82, 2.24) is 0 Å². The van der Waals surface area contributed by atoms with Crippen LogP contribution in [-0.4, -0.2) is 7.11 Å². The van der Waals surface area contributed by atoms with Crippen LogP contribution in [0.4, 0.5) is 17.1 Å². The fourth-order valence-corrected chi connectivity index (χ4v) is 1.74. The van der Waals surface area contributed by atoms with E-state index in [2.05, 4.69) is 0 Å². The van der Waals surface area contributed by atoms with E-state index in [9.17, 15) is 0 Å². The highest BCUT2D eigenvalue weighted by Crippen LogP contribution is 2.35. The Morgan fingerprint density at radius 2 is 1.53 bits per heavy atom. The number of nitrogens with two attached hydrogens (primary N) is 3. The summed E-state index contributed by atoms with van der Waals surface area (Å²) in [5.74, 6) is 0.774. The molecule has 88 valence electrons. The molecule has 0 unspecified atom stereocenters. The first-order valence-electron chi connectivity index (χ1n) is 5.21. The summed E-state index contributed by atoms with van der Waals surface area (Å²) in [5, 5.41) is 0. The number of methoxy groups -OCH3 is 1. The lowest BCUT2D eigenvalue weighted by Gasteiger charge is -2.11. The third kappa shape index (κ3) is 1.97. The summed E-state index contributed by atoms with van der Waals surface area (Å²) in [6.45, 7) is 0. The van der Waals surface area contributed by atoms with Crippen molar-refractivity contribution in [1.29, 1.82) is 0 Å². The van der Waals surface area contributed by atoms with Crippen molar-refractivity contribution in [3.05, 3.63) is 36.4 Å². The molecule has 4 nitrogen and oxygen atoms in total. The molecule has 0 aliphatic carbocycles. The van der Waals surface area contributed by atoms with E-state index in [-0.39, 0.29) is 0 Å². The second-order valence-corrected chi connectivity index (χ2v) is 3.77. The van der Waals surface area contributed by atoms with Crippen molar-refractivity contribution in [2.24, 2.45) is 0 Å². The van der Waals surface area contributed by atoms with Gasteiger partial charge in [-0.15, -0.1) is 0 Å². The van der Waals surface area contributed by atoms with E-state index in [4.69, 9.17) is 21.9 Å². The number of benzene rings is 2. The Morgan fingerprint density at radius 1 is 0.941 bits per heavy atom. The molecule has 0 aliphatic heterocycles. The summed E-state index contributed by atoms with van der Waals surface area (Å²) in [4.78, 5) is 0. The molecule has 0 saturated heterocycles. The molecular formula is C13H15N3O. The molecule has 2 rings (SSSR count). The van der Waals surface area contributed by atoms with Crippen LogP contribution in [-0.2, 0) is 0 Å². The molecule has 0 bridgehead atoms. The van der Waals surface area contributed by atoms with Crippen LogP contribution >= 0.6 is 0 Å². The molecule has 6 N–H and O–H groups in total. The summed E-state index contributed by atoms with van der Waals surface area (Å²) in [5.41, 5.74) is 20.5. The molecule has 0 atom stereocenters. The van der Waals surface area contributed by atoms with E-state index in [1.54, 1.807) is 19.2 Å². The summed E-state index contributed by atoms with van der Waals surface area (Å²) >= 11 is 0. The highest BCUT2D eigenvalue weighted by atomic mass is 16.5. The maximum absolute atomic E-state index is 5.80. The zero-order valence-corrected chi connectivity index (χ0v) is 9.60. The van der Waals surface area contributed by atoms with Crippen molar-refractivity contribution < 1.29 is 4.74 Å². The van der Waals surface area contributed by atoms with E-state index in [1.165, 1.54) is 0 Å². The Balaban J connectivity index is 2.61. The van der Waals surface area contributed by atoms with Crippen molar-refractivity contribution in [2.75, 3.05) is 24.3 Å². The van der Waals surface area contributed by atoms with Crippen molar-refractivity contribution in [2.45, 2.75) is 0 Å². The molecular weight excluding hydrogens is 214 g/mol. The first kappa shape index (κ1) is 11.1. The van der Waals surface area contributed by atoms with Crippen LogP contribution in [0.3, 0.4) is 0 Å². The lowest BCUT2D eigenvalue weighted by atomic mass is 10.0. The Bertz CT molecular complexity index is 529. The molecule has 0 amide bonds. The lowest BCUT2D eigenvalue weighted by molar-refractivity contribution is 0.416. The fraction of sp³-hybridized carbons (Fsp3) is 0.0769. The number of nitrogen functional groups attached to an aromatic ring is 3. The zero-order chi connectivity index (χ0) is 12.4. The van der Waals surface area contributed by atoms with E-state index in [0.29, 0.717) is 17.1 Å². The first-order chi connectivity index (χ1) is 8.13. The molecule has 2 aromatic carbocycles. The van der Waals surface area contributed by atoms with Crippen molar-refractivity contribution in [3.63, 3.8) is 0 Å². The van der Waals surface area contributed by atoms with Gasteiger partial charge in [-0.05, 0) is 23.8 Å². The number of hydrogen-bond acceptors (Lipinski definition) is 4. The van der Waals surface area contributed by atoms with Gasteiger partial charge in [0, 0.05) is 5.56 Å². The Labute approximate surface area is 100.0 Å². The molecule has 0 spiro atoms. The van der Waals surface area contributed by atoms with Gasteiger partial charge in [-0.25, -0.2) is 0 Å². The SMILES string of the molecule is COc1ccccc1-c1cc(N)c(N)c(N)c1. The lowest BCUT2D eigenvalue weighted by Crippen LogP contribution is -2.00. The predicted octanol–water partition coefficient (Wildman–Crippen LogP) is 2.11. The van der Waals surface area contributed by atoms with Gasteiger partial charge in [0.15, 0.2) is 0 Å². The third-order valence-electron chi connectivity index (χ3n) is 2.66. The van der Waals surface area contributed by atoms with E-state index in [1.807, 2.05) is 24.3 Å². The smallest absolute Gasteiger partial charge is 0.126 e. The van der Waals surface area contributed by atoms with Crippen LogP contribution < -0.4 is 21.9 Å². The number of para-hydroxylation sites is 1. The molecule has 2 aromatic rings. The second-order valence-electron chi connectivity index (χ2n) is 3.77. The zero-order valence-electron chi connectivity index (χ0n) is 9.60. The summed E-state index contributed by atoms with van der Waals surface area (Å²) < 4.78 is 5.30. The highest BCUT2D eigenvalue weighted by Gasteiger charge is 2.08. The molecule has 0 fully saturated rings. The van der Waals surface area contributed by atoms with Gasteiger partial charge < -0.3 is 21.9 Å². The second kappa shape index (κ2) is 4.25. The van der Waals surface area contributed by atoms with Crippen LogP contribution in [0.5, 0.6) is 5.75 Å². The van der Waals surface area contributed by atoms with Crippen LogP contribution in [0.15, 0.2) is 36.4 Å². The van der Waals surface area contributed by atoms with Gasteiger partial charge in [-0.3, -0.25) is 0 Å². The van der Waals surface area contributed by atoms with Crippen LogP contribution in [0.2, 0.25) is 0 Å². The van der Waals surface area contributed by atoms with Gasteiger partial charge in [-0.2, -0.15) is 0 Å². The van der Waals surface area contributed by atoms with Crippen LogP contribution in [0.1, 0.15) is 0 Å². The van der Waals surface area contributed by atoms with Gasteiger partial charge in [0.25, 0.3) is 0 Å². The normalized spacial score (nSPS) is 10.2. The maximum atomic E-state index is 5.80. The minimum atomic E-state index is 0.420. The standard InChI is InChI=1S/C13H15N3O/c1-17-12-5-3-2-4-9(12)8-6-10(14)13(16)11(15)7-8/h2-7H,14-16H2,1H3. The Hall–Kier alpha value is -2.36. The summed E-state index contributed by atoms with van der Waals surface area (Å²) in [6.07, 6.45) is 0. The van der Waals surface area contributed by atoms with Gasteiger partial charge >= 0.3 is 0 Å². The number of anilines is 3. The maximum Gasteiger partial charge on any atom is 0.126 e. The molecule has 4 heteroatoms. The third-order valence-corrected chi connectivity index (χ3v) is 2.66. The largest absolute Gasteiger partial charge is 0.496 e. The number of rotatable bonds is 2. The summed E-state index contributed by atoms with van der Waals surface area (Å²) in [7, 11) is 1.63. The van der Waals surface area contributed by atoms with Crippen molar-refractivity contribution in [3.8, 4) is 16.9 Å². The van der Waals surface area contributed by atoms with Crippen LogP contribution in [0, 0.1) is 0 Å². The van der Waals surface area contributed by atoms with Gasteiger partial charge in [0.1, 0.15) is 5.75 Å². The Morgan fingerprint density at radius 3 is 2.12 bits per heavy atom. The average Bonchev–Trinajstić information content (AvgIpc) is 2.35. The van der Waals surface area contributed by atoms with Crippen molar-refractivity contribution >= 4 is 17.1 Å². The molecule has 0 aromatic heterocycles. The minimum absolute atomic E-state index is 0.420. The molecule has 17 heavy (non-hydrogen) atoms. The van der Waals surface area contributed by atoms with Gasteiger partial charge in [0.2, 0.25) is 0 Å². The summed E-state index contributed by atoms with van der Waals surface area (Å²) in [6, 6.07) is 11.3. The molecule has 0 radical (unpaired) electrons. The van der Waals surface area contributed by atoms with E-state index < -0.39 is 0 Å². The monoisotopic (exact) mass is 229 g/mol. The van der Waals surface area contributed by atoms with E-state index >= 15 is 0 Å². The quantitative estimate of drug-likeness (QED) is 0.688. The number of ether oxygens (including phenoxy) is 1. The molecule has 0 aliphatic rings. The van der Waals surface area contributed by atoms with Crippen LogP contribution in [0.25, 0.3) is 11.1 Å². The fourth-order valence-electron chi connectivity index (χ4n) is 1.74. The van der Waals surface area contributed by atoms with Gasteiger partial charge in [-0.1, -0.05) is 18.2 Å². The number of hydrogen-bond donors (Lipinski definition) is 3. The minimum Gasteiger partial charge on any atom is -0.496 e. The molecule has 0 saturated carbocycles. The Kier molecular flexibility index (Phi) is 2.78. The molecule has 0 heterocycles. The first-order valence-corrected chi connectivity index (χ1v) is 5.21. The predicted molar refractivity (Wildman–Crippen MR) is 71.7 cm³/mol. The highest BCUT2D eigenvalue weighted by molar-refractivity contribution is 5.85. The topological polar surface area (TPSA) is 87.3 Å². The average molecular weight is 229 g/mol.